The molecule has 0 aliphatic carbocycles. The minimum Gasteiger partial charge on any atom is -0.382 e. The van der Waals surface area contributed by atoms with E-state index >= 15 is 0 Å². The van der Waals surface area contributed by atoms with Crippen LogP contribution < -0.4 is 5.32 Å². The smallest absolute Gasteiger partial charge is 0.133 e. The van der Waals surface area contributed by atoms with E-state index < -0.39 is 11.6 Å². The van der Waals surface area contributed by atoms with E-state index in [0.717, 1.165) is 30.2 Å². The summed E-state index contributed by atoms with van der Waals surface area (Å²) in [5.74, 6) is -1.06. The summed E-state index contributed by atoms with van der Waals surface area (Å²) >= 11 is 0. The fraction of sp³-hybridized carbons (Fsp3) is 0.250. The van der Waals surface area contributed by atoms with E-state index in [1.165, 1.54) is 17.7 Å². The minimum atomic E-state index is -0.547. The number of halogens is 2. The summed E-state index contributed by atoms with van der Waals surface area (Å²) in [5.41, 5.74) is 3.56. The van der Waals surface area contributed by atoms with Crippen molar-refractivity contribution in [2.45, 2.75) is 25.8 Å². The molecule has 3 rings (SSSR count). The van der Waals surface area contributed by atoms with Gasteiger partial charge in [-0.1, -0.05) is 6.07 Å². The molecule has 2 aromatic carbocycles. The molecule has 1 unspecified atom stereocenters. The molecule has 98 valence electrons. The molecule has 0 saturated carbocycles. The standard InChI is InChI=1S/C16H15F2N/c1-10-2-3-12-8-11(4-7-16(12)19-10)14-6-5-13(17)9-15(14)18/h4-10,19H,2-3H2,1H3. The topological polar surface area (TPSA) is 12.0 Å². The highest BCUT2D eigenvalue weighted by atomic mass is 19.1. The number of benzene rings is 2. The van der Waals surface area contributed by atoms with Gasteiger partial charge in [-0.05, 0) is 55.2 Å². The summed E-state index contributed by atoms with van der Waals surface area (Å²) in [6.45, 7) is 2.15. The van der Waals surface area contributed by atoms with Crippen LogP contribution in [0.4, 0.5) is 14.5 Å². The molecule has 0 saturated heterocycles. The lowest BCUT2D eigenvalue weighted by Gasteiger charge is -2.24. The number of nitrogens with one attached hydrogen (secondary N) is 1. The van der Waals surface area contributed by atoms with Gasteiger partial charge in [0.25, 0.3) is 0 Å². The van der Waals surface area contributed by atoms with Crippen molar-refractivity contribution in [3.8, 4) is 11.1 Å². The van der Waals surface area contributed by atoms with Gasteiger partial charge in [0.15, 0.2) is 0 Å². The number of hydrogen-bond donors (Lipinski definition) is 1. The summed E-state index contributed by atoms with van der Waals surface area (Å²) in [6.07, 6.45) is 2.06. The molecule has 1 atom stereocenters. The lowest BCUT2D eigenvalue weighted by Crippen LogP contribution is -2.21. The van der Waals surface area contributed by atoms with Crippen molar-refractivity contribution in [1.82, 2.24) is 0 Å². The third-order valence-electron chi connectivity index (χ3n) is 3.60. The number of anilines is 1. The fourth-order valence-corrected chi connectivity index (χ4v) is 2.54. The maximum absolute atomic E-state index is 13.8. The van der Waals surface area contributed by atoms with Crippen molar-refractivity contribution in [1.29, 1.82) is 0 Å². The van der Waals surface area contributed by atoms with Crippen molar-refractivity contribution in [2.75, 3.05) is 5.32 Å². The van der Waals surface area contributed by atoms with Gasteiger partial charge in [-0.25, -0.2) is 8.78 Å². The van der Waals surface area contributed by atoms with Crippen LogP contribution in [0.1, 0.15) is 18.9 Å². The number of hydrogen-bond acceptors (Lipinski definition) is 1. The first-order valence-electron chi connectivity index (χ1n) is 6.48. The molecule has 3 heteroatoms. The Morgan fingerprint density at radius 3 is 2.74 bits per heavy atom. The molecule has 0 amide bonds. The lowest BCUT2D eigenvalue weighted by atomic mass is 9.94. The Labute approximate surface area is 111 Å². The highest BCUT2D eigenvalue weighted by molar-refractivity contribution is 5.69. The van der Waals surface area contributed by atoms with Crippen LogP contribution >= 0.6 is 0 Å². The van der Waals surface area contributed by atoms with Crippen LogP contribution in [0.2, 0.25) is 0 Å². The van der Waals surface area contributed by atoms with Crippen LogP contribution in [0.25, 0.3) is 11.1 Å². The van der Waals surface area contributed by atoms with Crippen LogP contribution in [-0.4, -0.2) is 6.04 Å². The van der Waals surface area contributed by atoms with E-state index in [-0.39, 0.29) is 0 Å². The minimum absolute atomic E-state index is 0.447. The fourth-order valence-electron chi connectivity index (χ4n) is 2.54. The van der Waals surface area contributed by atoms with Crippen LogP contribution in [0.3, 0.4) is 0 Å². The van der Waals surface area contributed by atoms with Crippen molar-refractivity contribution in [2.24, 2.45) is 0 Å². The Morgan fingerprint density at radius 2 is 1.95 bits per heavy atom. The molecule has 1 aliphatic rings. The zero-order chi connectivity index (χ0) is 13.4. The summed E-state index contributed by atoms with van der Waals surface area (Å²) in [4.78, 5) is 0. The maximum Gasteiger partial charge on any atom is 0.133 e. The van der Waals surface area contributed by atoms with Crippen LogP contribution in [0, 0.1) is 11.6 Å². The van der Waals surface area contributed by atoms with Crippen LogP contribution in [0.5, 0.6) is 0 Å². The molecule has 1 heterocycles. The largest absolute Gasteiger partial charge is 0.382 e. The molecule has 0 bridgehead atoms. The Kier molecular flexibility index (Phi) is 2.97. The van der Waals surface area contributed by atoms with Crippen molar-refractivity contribution >= 4 is 5.69 Å². The Bertz CT molecular complexity index is 622. The van der Waals surface area contributed by atoms with Gasteiger partial charge in [0, 0.05) is 23.4 Å². The van der Waals surface area contributed by atoms with E-state index in [1.54, 1.807) is 0 Å². The highest BCUT2D eigenvalue weighted by Gasteiger charge is 2.15. The molecule has 0 radical (unpaired) electrons. The van der Waals surface area contributed by atoms with Gasteiger partial charge >= 0.3 is 0 Å². The van der Waals surface area contributed by atoms with E-state index in [1.807, 2.05) is 18.2 Å². The van der Waals surface area contributed by atoms with Gasteiger partial charge in [-0.3, -0.25) is 0 Å². The average Bonchev–Trinajstić information content (AvgIpc) is 2.38. The number of rotatable bonds is 1. The average molecular weight is 259 g/mol. The summed E-state index contributed by atoms with van der Waals surface area (Å²) in [6, 6.07) is 10.0. The predicted octanol–water partition coefficient (Wildman–Crippen LogP) is 4.38. The second kappa shape index (κ2) is 4.65. The van der Waals surface area contributed by atoms with E-state index in [4.69, 9.17) is 0 Å². The molecule has 0 aromatic heterocycles. The Hall–Kier alpha value is -1.90. The van der Waals surface area contributed by atoms with Crippen molar-refractivity contribution in [3.63, 3.8) is 0 Å². The summed E-state index contributed by atoms with van der Waals surface area (Å²) in [5, 5.41) is 3.41. The Morgan fingerprint density at radius 1 is 1.11 bits per heavy atom. The van der Waals surface area contributed by atoms with Gasteiger partial charge in [-0.15, -0.1) is 0 Å². The number of fused-ring (bicyclic) bond motifs is 1. The molecule has 0 fully saturated rings. The second-order valence-electron chi connectivity index (χ2n) is 5.08. The predicted molar refractivity (Wildman–Crippen MR) is 73.2 cm³/mol. The highest BCUT2D eigenvalue weighted by Crippen LogP contribution is 2.31. The molecule has 0 spiro atoms. The SMILES string of the molecule is CC1CCc2cc(-c3ccc(F)cc3F)ccc2N1. The van der Waals surface area contributed by atoms with Crippen LogP contribution in [0.15, 0.2) is 36.4 Å². The first kappa shape index (κ1) is 12.2. The molecule has 1 nitrogen and oxygen atoms in total. The first-order valence-corrected chi connectivity index (χ1v) is 6.48. The van der Waals surface area contributed by atoms with E-state index in [9.17, 15) is 8.78 Å². The van der Waals surface area contributed by atoms with Crippen molar-refractivity contribution in [3.05, 3.63) is 53.6 Å². The summed E-state index contributed by atoms with van der Waals surface area (Å²) in [7, 11) is 0. The van der Waals surface area contributed by atoms with Gasteiger partial charge in [0.1, 0.15) is 11.6 Å². The van der Waals surface area contributed by atoms with Gasteiger partial charge < -0.3 is 5.32 Å². The molecule has 2 aromatic rings. The maximum atomic E-state index is 13.8. The molecule has 1 aliphatic heterocycles. The zero-order valence-electron chi connectivity index (χ0n) is 10.7. The lowest BCUT2D eigenvalue weighted by molar-refractivity contribution is 0.585. The zero-order valence-corrected chi connectivity index (χ0v) is 10.7. The third-order valence-corrected chi connectivity index (χ3v) is 3.60. The molecule has 19 heavy (non-hydrogen) atoms. The summed E-state index contributed by atoms with van der Waals surface area (Å²) < 4.78 is 26.7. The quantitative estimate of drug-likeness (QED) is 0.801. The Balaban J connectivity index is 2.02. The van der Waals surface area contributed by atoms with Gasteiger partial charge in [0.2, 0.25) is 0 Å². The molecular weight excluding hydrogens is 244 g/mol. The third kappa shape index (κ3) is 2.33. The second-order valence-corrected chi connectivity index (χ2v) is 5.08. The monoisotopic (exact) mass is 259 g/mol. The van der Waals surface area contributed by atoms with E-state index in [0.29, 0.717) is 11.6 Å². The van der Waals surface area contributed by atoms with Crippen LogP contribution in [-0.2, 0) is 6.42 Å². The van der Waals surface area contributed by atoms with Crippen molar-refractivity contribution < 1.29 is 8.78 Å². The molecular formula is C16H15F2N. The van der Waals surface area contributed by atoms with E-state index in [2.05, 4.69) is 12.2 Å². The first-order chi connectivity index (χ1) is 9.13. The molecule has 1 N–H and O–H groups in total. The normalized spacial score (nSPS) is 17.7. The van der Waals surface area contributed by atoms with Gasteiger partial charge in [-0.2, -0.15) is 0 Å². The number of aryl methyl sites for hydroxylation is 1. The van der Waals surface area contributed by atoms with Gasteiger partial charge in [0.05, 0.1) is 0 Å².